The average Bonchev–Trinajstić information content (AvgIpc) is 2.04. The Labute approximate surface area is 75.7 Å². The molecule has 0 aromatic carbocycles. The minimum absolute atomic E-state index is 0.0519. The third kappa shape index (κ3) is 2.14. The Kier molecular flexibility index (Phi) is 2.79. The fourth-order valence-electron chi connectivity index (χ4n) is 1.14. The van der Waals surface area contributed by atoms with Crippen molar-refractivity contribution in [3.05, 3.63) is 27.9 Å². The zero-order valence-electron chi connectivity index (χ0n) is 7.36. The summed E-state index contributed by atoms with van der Waals surface area (Å²) in [6, 6.07) is 1.56. The number of aromatic nitrogens is 1. The van der Waals surface area contributed by atoms with Gasteiger partial charge in [0.05, 0.1) is 4.92 Å². The quantitative estimate of drug-likeness (QED) is 0.566. The van der Waals surface area contributed by atoms with Crippen molar-refractivity contribution in [3.63, 3.8) is 0 Å². The first-order valence-corrected chi connectivity index (χ1v) is 4.04. The summed E-state index contributed by atoms with van der Waals surface area (Å²) in [5.41, 5.74) is 6.13. The van der Waals surface area contributed by atoms with Gasteiger partial charge in [-0.3, -0.25) is 10.1 Å². The molecule has 0 aliphatic rings. The third-order valence-electron chi connectivity index (χ3n) is 1.70. The summed E-state index contributed by atoms with van der Waals surface area (Å²) in [5.74, 6) is 0.328. The van der Waals surface area contributed by atoms with Crippen molar-refractivity contribution in [2.45, 2.75) is 19.8 Å². The number of anilines is 1. The lowest BCUT2D eigenvalue weighted by molar-refractivity contribution is -0.385. The molecular weight excluding hydrogens is 170 g/mol. The smallest absolute Gasteiger partial charge is 0.290 e. The molecule has 0 aliphatic heterocycles. The number of rotatable bonds is 3. The fourth-order valence-corrected chi connectivity index (χ4v) is 1.14. The van der Waals surface area contributed by atoms with Gasteiger partial charge in [-0.1, -0.05) is 13.3 Å². The Hall–Kier alpha value is -1.65. The van der Waals surface area contributed by atoms with Gasteiger partial charge in [-0.25, -0.2) is 4.98 Å². The van der Waals surface area contributed by atoms with Crippen molar-refractivity contribution < 1.29 is 4.92 Å². The lowest BCUT2D eigenvalue weighted by Gasteiger charge is -2.00. The van der Waals surface area contributed by atoms with Crippen LogP contribution >= 0.6 is 0 Å². The molecule has 0 saturated heterocycles. The van der Waals surface area contributed by atoms with Crippen LogP contribution in [0, 0.1) is 10.1 Å². The normalized spacial score (nSPS) is 9.92. The van der Waals surface area contributed by atoms with Crippen LogP contribution in [0.15, 0.2) is 12.3 Å². The third-order valence-corrected chi connectivity index (χ3v) is 1.70. The van der Waals surface area contributed by atoms with E-state index >= 15 is 0 Å². The van der Waals surface area contributed by atoms with E-state index in [1.165, 1.54) is 6.20 Å². The van der Waals surface area contributed by atoms with Crippen molar-refractivity contribution in [3.8, 4) is 0 Å². The Morgan fingerprint density at radius 1 is 1.69 bits per heavy atom. The monoisotopic (exact) mass is 181 g/mol. The van der Waals surface area contributed by atoms with Crippen LogP contribution in [0.25, 0.3) is 0 Å². The molecular formula is C8H11N3O2. The molecule has 1 rings (SSSR count). The number of nitrogens with two attached hydrogens (primary N) is 1. The van der Waals surface area contributed by atoms with E-state index in [-0.39, 0.29) is 5.69 Å². The molecule has 0 saturated carbocycles. The molecule has 0 unspecified atom stereocenters. The van der Waals surface area contributed by atoms with Gasteiger partial charge in [0, 0.05) is 5.56 Å². The first-order chi connectivity index (χ1) is 6.15. The van der Waals surface area contributed by atoms with Gasteiger partial charge >= 0.3 is 0 Å². The highest BCUT2D eigenvalue weighted by molar-refractivity contribution is 5.45. The SMILES string of the molecule is CCCc1cc(N)ncc1[N+](=O)[O-]. The number of aryl methyl sites for hydroxylation is 1. The first kappa shape index (κ1) is 9.44. The second-order valence-electron chi connectivity index (χ2n) is 2.74. The predicted molar refractivity (Wildman–Crippen MR) is 49.3 cm³/mol. The Balaban J connectivity index is 3.10. The van der Waals surface area contributed by atoms with Crippen molar-refractivity contribution in [1.82, 2.24) is 4.98 Å². The maximum Gasteiger partial charge on any atom is 0.290 e. The largest absolute Gasteiger partial charge is 0.384 e. The molecule has 1 aromatic heterocycles. The van der Waals surface area contributed by atoms with Gasteiger partial charge in [0.25, 0.3) is 5.69 Å². The lowest BCUT2D eigenvalue weighted by Crippen LogP contribution is -1.99. The summed E-state index contributed by atoms with van der Waals surface area (Å²) < 4.78 is 0. The van der Waals surface area contributed by atoms with Crippen LogP contribution in [0.3, 0.4) is 0 Å². The molecule has 0 radical (unpaired) electrons. The van der Waals surface area contributed by atoms with Crippen LogP contribution in [-0.2, 0) is 6.42 Å². The topological polar surface area (TPSA) is 82.0 Å². The van der Waals surface area contributed by atoms with E-state index in [1.807, 2.05) is 6.92 Å². The van der Waals surface area contributed by atoms with E-state index < -0.39 is 4.92 Å². The van der Waals surface area contributed by atoms with Crippen LogP contribution in [0.1, 0.15) is 18.9 Å². The van der Waals surface area contributed by atoms with E-state index in [0.29, 0.717) is 17.8 Å². The number of pyridine rings is 1. The molecule has 5 heteroatoms. The van der Waals surface area contributed by atoms with Crippen LogP contribution < -0.4 is 5.73 Å². The number of nitro groups is 1. The van der Waals surface area contributed by atoms with Gasteiger partial charge in [-0.2, -0.15) is 0 Å². The van der Waals surface area contributed by atoms with Crippen molar-refractivity contribution in [2.24, 2.45) is 0 Å². The minimum atomic E-state index is -0.433. The molecule has 0 atom stereocenters. The lowest BCUT2D eigenvalue weighted by atomic mass is 10.1. The van der Waals surface area contributed by atoms with Crippen LogP contribution in [0.4, 0.5) is 11.5 Å². The van der Waals surface area contributed by atoms with E-state index in [4.69, 9.17) is 5.73 Å². The molecule has 0 bridgehead atoms. The molecule has 0 fully saturated rings. The highest BCUT2D eigenvalue weighted by Crippen LogP contribution is 2.20. The zero-order valence-corrected chi connectivity index (χ0v) is 7.36. The molecule has 70 valence electrons. The van der Waals surface area contributed by atoms with Crippen molar-refractivity contribution in [1.29, 1.82) is 0 Å². The van der Waals surface area contributed by atoms with Crippen molar-refractivity contribution >= 4 is 11.5 Å². The minimum Gasteiger partial charge on any atom is -0.384 e. The number of hydrogen-bond donors (Lipinski definition) is 1. The standard InChI is InChI=1S/C8H11N3O2/c1-2-3-6-4-8(9)10-5-7(6)11(12)13/h4-5H,2-3H2,1H3,(H2,9,10). The van der Waals surface area contributed by atoms with E-state index in [0.717, 1.165) is 6.42 Å². The molecule has 1 aromatic rings. The molecule has 13 heavy (non-hydrogen) atoms. The fraction of sp³-hybridized carbons (Fsp3) is 0.375. The molecule has 5 nitrogen and oxygen atoms in total. The Morgan fingerprint density at radius 2 is 2.38 bits per heavy atom. The predicted octanol–water partition coefficient (Wildman–Crippen LogP) is 1.52. The van der Waals surface area contributed by atoms with Crippen LogP contribution in [0.2, 0.25) is 0 Å². The van der Waals surface area contributed by atoms with Crippen LogP contribution in [-0.4, -0.2) is 9.91 Å². The summed E-state index contributed by atoms with van der Waals surface area (Å²) in [6.07, 6.45) is 2.72. The summed E-state index contributed by atoms with van der Waals surface area (Å²) in [7, 11) is 0. The van der Waals surface area contributed by atoms with Crippen molar-refractivity contribution in [2.75, 3.05) is 5.73 Å². The van der Waals surface area contributed by atoms with Crippen LogP contribution in [0.5, 0.6) is 0 Å². The molecule has 1 heterocycles. The van der Waals surface area contributed by atoms with Gasteiger partial charge < -0.3 is 5.73 Å². The Morgan fingerprint density at radius 3 is 2.92 bits per heavy atom. The molecule has 0 spiro atoms. The Bertz CT molecular complexity index is 325. The summed E-state index contributed by atoms with van der Waals surface area (Å²) in [4.78, 5) is 13.8. The highest BCUT2D eigenvalue weighted by atomic mass is 16.6. The van der Waals surface area contributed by atoms with E-state index in [2.05, 4.69) is 4.98 Å². The van der Waals surface area contributed by atoms with E-state index in [9.17, 15) is 10.1 Å². The van der Waals surface area contributed by atoms with Gasteiger partial charge in [0.1, 0.15) is 12.0 Å². The number of hydrogen-bond acceptors (Lipinski definition) is 4. The second-order valence-corrected chi connectivity index (χ2v) is 2.74. The maximum atomic E-state index is 10.5. The molecule has 0 aliphatic carbocycles. The highest BCUT2D eigenvalue weighted by Gasteiger charge is 2.13. The zero-order chi connectivity index (χ0) is 9.84. The van der Waals surface area contributed by atoms with Gasteiger partial charge in [0.15, 0.2) is 0 Å². The maximum absolute atomic E-state index is 10.5. The summed E-state index contributed by atoms with van der Waals surface area (Å²) in [5, 5.41) is 10.5. The second kappa shape index (κ2) is 3.84. The number of nitrogens with zero attached hydrogens (tertiary/aromatic N) is 2. The molecule has 2 N–H and O–H groups in total. The molecule has 0 amide bonds. The van der Waals surface area contributed by atoms with Gasteiger partial charge in [-0.05, 0) is 12.5 Å². The summed E-state index contributed by atoms with van der Waals surface area (Å²) in [6.45, 7) is 1.96. The average molecular weight is 181 g/mol. The van der Waals surface area contributed by atoms with Gasteiger partial charge in [-0.15, -0.1) is 0 Å². The van der Waals surface area contributed by atoms with Gasteiger partial charge in [0.2, 0.25) is 0 Å². The first-order valence-electron chi connectivity index (χ1n) is 4.04. The number of nitrogen functional groups attached to an aromatic ring is 1. The van der Waals surface area contributed by atoms with E-state index in [1.54, 1.807) is 6.07 Å². The summed E-state index contributed by atoms with van der Waals surface area (Å²) >= 11 is 0.